The van der Waals surface area contributed by atoms with Gasteiger partial charge < -0.3 is 9.42 Å². The summed E-state index contributed by atoms with van der Waals surface area (Å²) in [6.45, 7) is 0. The average molecular weight is 367 g/mol. The summed E-state index contributed by atoms with van der Waals surface area (Å²) in [7, 11) is 3.32. The van der Waals surface area contributed by atoms with Crippen LogP contribution in [0.15, 0.2) is 52.4 Å². The van der Waals surface area contributed by atoms with Gasteiger partial charge in [-0.15, -0.1) is 11.3 Å². The van der Waals surface area contributed by atoms with Gasteiger partial charge in [0.25, 0.3) is 11.6 Å². The lowest BCUT2D eigenvalue weighted by Gasteiger charge is -2.12. The number of benzene rings is 1. The second-order valence-electron chi connectivity index (χ2n) is 5.92. The SMILES string of the molecule is CN(C)C(=O)c1cc(-c2cccs2)nc2onc(-c3ccccc3F)c12. The van der Waals surface area contributed by atoms with Gasteiger partial charge in [-0.05, 0) is 29.6 Å². The highest BCUT2D eigenvalue weighted by Gasteiger charge is 2.24. The van der Waals surface area contributed by atoms with Crippen molar-refractivity contribution in [2.45, 2.75) is 0 Å². The van der Waals surface area contributed by atoms with Gasteiger partial charge >= 0.3 is 0 Å². The van der Waals surface area contributed by atoms with E-state index in [4.69, 9.17) is 4.52 Å². The Labute approximate surface area is 152 Å². The summed E-state index contributed by atoms with van der Waals surface area (Å²) in [5, 5.41) is 6.35. The molecule has 26 heavy (non-hydrogen) atoms. The molecule has 5 nitrogen and oxygen atoms in total. The maximum atomic E-state index is 14.3. The predicted octanol–water partition coefficient (Wildman–Crippen LogP) is 4.46. The Morgan fingerprint density at radius 3 is 2.69 bits per heavy atom. The third kappa shape index (κ3) is 2.66. The zero-order valence-corrected chi connectivity index (χ0v) is 14.9. The molecule has 3 aromatic heterocycles. The molecule has 0 saturated carbocycles. The van der Waals surface area contributed by atoms with Gasteiger partial charge in [-0.25, -0.2) is 9.37 Å². The first-order valence-electron chi connectivity index (χ1n) is 7.87. The highest BCUT2D eigenvalue weighted by Crippen LogP contribution is 2.35. The fraction of sp³-hybridized carbons (Fsp3) is 0.105. The van der Waals surface area contributed by atoms with Crippen molar-refractivity contribution in [3.63, 3.8) is 0 Å². The predicted molar refractivity (Wildman–Crippen MR) is 98.5 cm³/mol. The largest absolute Gasteiger partial charge is 0.345 e. The molecule has 0 radical (unpaired) electrons. The number of amides is 1. The van der Waals surface area contributed by atoms with Crippen LogP contribution in [-0.4, -0.2) is 35.0 Å². The minimum absolute atomic E-state index is 0.208. The standard InChI is InChI=1S/C19H14FN3O2S/c1-23(2)19(24)12-10-14(15-8-5-9-26-15)21-18-16(12)17(22-25-18)11-6-3-4-7-13(11)20/h3-10H,1-2H3. The summed E-state index contributed by atoms with van der Waals surface area (Å²) in [6.07, 6.45) is 0. The molecule has 0 spiro atoms. The second kappa shape index (κ2) is 6.34. The molecule has 7 heteroatoms. The van der Waals surface area contributed by atoms with Gasteiger partial charge in [-0.1, -0.05) is 23.4 Å². The highest BCUT2D eigenvalue weighted by atomic mass is 32.1. The van der Waals surface area contributed by atoms with Crippen LogP contribution in [0.2, 0.25) is 0 Å². The molecule has 4 rings (SSSR count). The topological polar surface area (TPSA) is 59.2 Å². The number of carbonyl (C=O) groups is 1. The summed E-state index contributed by atoms with van der Waals surface area (Å²) >= 11 is 1.51. The molecule has 0 fully saturated rings. The zero-order chi connectivity index (χ0) is 18.3. The summed E-state index contributed by atoms with van der Waals surface area (Å²) in [4.78, 5) is 19.6. The van der Waals surface area contributed by atoms with Crippen LogP contribution in [0.25, 0.3) is 32.9 Å². The smallest absolute Gasteiger partial charge is 0.259 e. The number of pyridine rings is 1. The average Bonchev–Trinajstić information content (AvgIpc) is 3.30. The van der Waals surface area contributed by atoms with Crippen LogP contribution in [0, 0.1) is 5.82 Å². The second-order valence-corrected chi connectivity index (χ2v) is 6.87. The van der Waals surface area contributed by atoms with Crippen LogP contribution in [-0.2, 0) is 0 Å². The lowest BCUT2D eigenvalue weighted by atomic mass is 10.0. The summed E-state index contributed by atoms with van der Waals surface area (Å²) < 4.78 is 19.7. The molecule has 0 atom stereocenters. The Morgan fingerprint density at radius 1 is 1.19 bits per heavy atom. The maximum absolute atomic E-state index is 14.3. The van der Waals surface area contributed by atoms with E-state index in [9.17, 15) is 9.18 Å². The van der Waals surface area contributed by atoms with Crippen molar-refractivity contribution < 1.29 is 13.7 Å². The van der Waals surface area contributed by atoms with Crippen molar-refractivity contribution in [2.24, 2.45) is 0 Å². The highest BCUT2D eigenvalue weighted by molar-refractivity contribution is 7.13. The minimum Gasteiger partial charge on any atom is -0.345 e. The van der Waals surface area contributed by atoms with Crippen LogP contribution >= 0.6 is 11.3 Å². The number of rotatable bonds is 3. The van der Waals surface area contributed by atoms with E-state index < -0.39 is 5.82 Å². The van der Waals surface area contributed by atoms with Gasteiger partial charge in [0.2, 0.25) is 0 Å². The zero-order valence-electron chi connectivity index (χ0n) is 14.1. The lowest BCUT2D eigenvalue weighted by Crippen LogP contribution is -2.22. The van der Waals surface area contributed by atoms with Gasteiger partial charge in [0.05, 0.1) is 21.5 Å². The fourth-order valence-corrected chi connectivity index (χ4v) is 3.43. The molecular formula is C19H14FN3O2S. The Hall–Kier alpha value is -3.06. The Balaban J connectivity index is 2.03. The normalized spacial score (nSPS) is 11.0. The fourth-order valence-electron chi connectivity index (χ4n) is 2.75. The number of halogens is 1. The quantitative estimate of drug-likeness (QED) is 0.536. The first-order chi connectivity index (χ1) is 12.6. The molecule has 0 unspecified atom stereocenters. The molecule has 130 valence electrons. The van der Waals surface area contributed by atoms with Gasteiger partial charge in [0, 0.05) is 19.7 Å². The number of aromatic nitrogens is 2. The Bertz CT molecular complexity index is 1100. The Morgan fingerprint density at radius 2 is 2.00 bits per heavy atom. The third-order valence-corrected chi connectivity index (χ3v) is 4.88. The van der Waals surface area contributed by atoms with E-state index in [1.54, 1.807) is 38.4 Å². The summed E-state index contributed by atoms with van der Waals surface area (Å²) in [5.41, 5.74) is 1.74. The van der Waals surface area contributed by atoms with E-state index in [0.717, 1.165) is 4.88 Å². The van der Waals surface area contributed by atoms with Crippen molar-refractivity contribution in [1.82, 2.24) is 15.0 Å². The van der Waals surface area contributed by atoms with E-state index in [-0.39, 0.29) is 22.9 Å². The number of thiophene rings is 1. The molecule has 0 N–H and O–H groups in total. The van der Waals surface area contributed by atoms with E-state index in [2.05, 4.69) is 10.1 Å². The van der Waals surface area contributed by atoms with Crippen molar-refractivity contribution in [3.05, 3.63) is 59.2 Å². The lowest BCUT2D eigenvalue weighted by molar-refractivity contribution is 0.0829. The first kappa shape index (κ1) is 16.4. The maximum Gasteiger partial charge on any atom is 0.259 e. The molecular weight excluding hydrogens is 353 g/mol. The molecule has 0 saturated heterocycles. The van der Waals surface area contributed by atoms with E-state index >= 15 is 0 Å². The number of hydrogen-bond donors (Lipinski definition) is 0. The van der Waals surface area contributed by atoms with Crippen molar-refractivity contribution in [1.29, 1.82) is 0 Å². The van der Waals surface area contributed by atoms with Gasteiger partial charge in [-0.2, -0.15) is 0 Å². The van der Waals surface area contributed by atoms with Crippen molar-refractivity contribution >= 4 is 28.3 Å². The number of carbonyl (C=O) groups excluding carboxylic acids is 1. The molecule has 0 bridgehead atoms. The van der Waals surface area contributed by atoms with Gasteiger partial charge in [0.15, 0.2) is 0 Å². The van der Waals surface area contributed by atoms with E-state index in [0.29, 0.717) is 16.6 Å². The summed E-state index contributed by atoms with van der Waals surface area (Å²) in [5.74, 6) is -0.663. The molecule has 0 aliphatic rings. The summed E-state index contributed by atoms with van der Waals surface area (Å²) in [6, 6.07) is 11.8. The van der Waals surface area contributed by atoms with E-state index in [1.807, 2.05) is 17.5 Å². The molecule has 0 aliphatic carbocycles. The Kier molecular flexibility index (Phi) is 4.00. The monoisotopic (exact) mass is 367 g/mol. The van der Waals surface area contributed by atoms with Crippen LogP contribution in [0.4, 0.5) is 4.39 Å². The first-order valence-corrected chi connectivity index (χ1v) is 8.75. The molecule has 1 amide bonds. The van der Waals surface area contributed by atoms with Crippen LogP contribution in [0.5, 0.6) is 0 Å². The number of fused-ring (bicyclic) bond motifs is 1. The third-order valence-electron chi connectivity index (χ3n) is 3.99. The molecule has 4 aromatic rings. The number of nitrogens with zero attached hydrogens (tertiary/aromatic N) is 3. The van der Waals surface area contributed by atoms with Gasteiger partial charge in [-0.3, -0.25) is 4.79 Å². The van der Waals surface area contributed by atoms with Crippen molar-refractivity contribution in [3.8, 4) is 21.8 Å². The molecule has 0 aliphatic heterocycles. The van der Waals surface area contributed by atoms with Gasteiger partial charge in [0.1, 0.15) is 11.5 Å². The van der Waals surface area contributed by atoms with Crippen molar-refractivity contribution in [2.75, 3.05) is 14.1 Å². The van der Waals surface area contributed by atoms with Crippen LogP contribution < -0.4 is 0 Å². The minimum atomic E-state index is -0.437. The molecule has 3 heterocycles. The van der Waals surface area contributed by atoms with Crippen LogP contribution in [0.1, 0.15) is 10.4 Å². The van der Waals surface area contributed by atoms with E-state index in [1.165, 1.54) is 22.3 Å². The molecule has 1 aromatic carbocycles. The number of hydrogen-bond acceptors (Lipinski definition) is 5. The van der Waals surface area contributed by atoms with Crippen LogP contribution in [0.3, 0.4) is 0 Å².